The maximum Gasteiger partial charge on any atom is 0.327 e. The van der Waals surface area contributed by atoms with Gasteiger partial charge in [-0.1, -0.05) is 0 Å². The zero-order valence-corrected chi connectivity index (χ0v) is 19.0. The van der Waals surface area contributed by atoms with Gasteiger partial charge in [-0.25, -0.2) is 9.37 Å². The maximum absolute atomic E-state index is 14.2. The summed E-state index contributed by atoms with van der Waals surface area (Å²) in [5.74, 6) is 0.351. The third-order valence-electron chi connectivity index (χ3n) is 5.90. The van der Waals surface area contributed by atoms with Gasteiger partial charge in [-0.2, -0.15) is 13.9 Å². The van der Waals surface area contributed by atoms with Gasteiger partial charge in [0.2, 0.25) is 0 Å². The number of ether oxygens (including phenoxy) is 1. The number of fused-ring (bicyclic) bond motifs is 3. The average molecular weight is 486 g/mol. The molecule has 4 rings (SSSR count). The van der Waals surface area contributed by atoms with Crippen LogP contribution in [0.3, 0.4) is 0 Å². The molecule has 6 N–H and O–H groups in total. The minimum atomic E-state index is -2.95. The van der Waals surface area contributed by atoms with Gasteiger partial charge < -0.3 is 21.2 Å². The Morgan fingerprint density at radius 3 is 2.77 bits per heavy atom. The molecule has 35 heavy (non-hydrogen) atoms. The van der Waals surface area contributed by atoms with Crippen molar-refractivity contribution in [1.29, 1.82) is 10.8 Å². The molecule has 0 radical (unpaired) electrons. The number of aromatic nitrogens is 1. The lowest BCUT2D eigenvalue weighted by atomic mass is 9.92. The van der Waals surface area contributed by atoms with E-state index in [0.717, 1.165) is 19.1 Å². The number of nitrogen functional groups attached to an aromatic ring is 1. The van der Waals surface area contributed by atoms with Crippen molar-refractivity contribution in [3.05, 3.63) is 58.5 Å². The molecule has 8 nitrogen and oxygen atoms in total. The maximum atomic E-state index is 14.2. The lowest BCUT2D eigenvalue weighted by molar-refractivity contribution is 0.110. The zero-order valence-electron chi connectivity index (χ0n) is 19.0. The number of alkyl halides is 2. The first-order chi connectivity index (χ1) is 16.8. The fourth-order valence-electron chi connectivity index (χ4n) is 3.87. The smallest absolute Gasteiger partial charge is 0.327 e. The number of halogens is 3. The number of allylic oxidation sites excluding steroid dienone is 1. The van der Waals surface area contributed by atoms with Gasteiger partial charge in [-0.3, -0.25) is 10.8 Å². The van der Waals surface area contributed by atoms with E-state index in [-0.39, 0.29) is 35.0 Å². The zero-order chi connectivity index (χ0) is 25.1. The van der Waals surface area contributed by atoms with Crippen molar-refractivity contribution in [1.82, 2.24) is 15.7 Å². The molecular weight excluding hydrogens is 459 g/mol. The highest BCUT2D eigenvalue weighted by molar-refractivity contribution is 6.48. The minimum Gasteiger partial charge on any atom is -0.482 e. The Bertz CT molecular complexity index is 1210. The Hall–Kier alpha value is -3.89. The van der Waals surface area contributed by atoms with E-state index in [1.165, 1.54) is 24.4 Å². The van der Waals surface area contributed by atoms with E-state index in [4.69, 9.17) is 21.3 Å². The number of nitrogens with two attached hydrogens (primary N) is 1. The Morgan fingerprint density at radius 1 is 1.31 bits per heavy atom. The predicted octanol–water partition coefficient (Wildman–Crippen LogP) is 4.24. The van der Waals surface area contributed by atoms with Crippen molar-refractivity contribution in [2.75, 3.05) is 12.3 Å². The second-order valence-corrected chi connectivity index (χ2v) is 8.51. The van der Waals surface area contributed by atoms with Crippen LogP contribution >= 0.6 is 0 Å². The molecule has 1 unspecified atom stereocenters. The fourth-order valence-corrected chi connectivity index (χ4v) is 3.87. The molecule has 0 saturated heterocycles. The first kappa shape index (κ1) is 24.2. The number of anilines is 1. The Labute approximate surface area is 200 Å². The van der Waals surface area contributed by atoms with Gasteiger partial charge in [0.25, 0.3) is 0 Å². The number of hydrogen-bond donors (Lipinski definition) is 5. The van der Waals surface area contributed by atoms with E-state index in [9.17, 15) is 13.2 Å². The molecule has 2 heterocycles. The largest absolute Gasteiger partial charge is 0.482 e. The van der Waals surface area contributed by atoms with E-state index < -0.39 is 18.5 Å². The summed E-state index contributed by atoms with van der Waals surface area (Å²) in [6, 6.07) is 5.46. The van der Waals surface area contributed by atoms with Crippen molar-refractivity contribution in [3.63, 3.8) is 0 Å². The predicted molar refractivity (Wildman–Crippen MR) is 129 cm³/mol. The summed E-state index contributed by atoms with van der Waals surface area (Å²) >= 11 is 0. The summed E-state index contributed by atoms with van der Waals surface area (Å²) in [7, 11) is 0. The summed E-state index contributed by atoms with van der Waals surface area (Å²) in [5, 5.41) is 24.0. The third kappa shape index (κ3) is 5.61. The highest BCUT2D eigenvalue weighted by atomic mass is 19.3. The number of benzene rings is 1. The highest BCUT2D eigenvalue weighted by Gasteiger charge is 2.26. The lowest BCUT2D eigenvalue weighted by Gasteiger charge is -2.23. The molecular formula is C24H26F3N7O. The van der Waals surface area contributed by atoms with Crippen LogP contribution in [0, 0.1) is 22.6 Å². The van der Waals surface area contributed by atoms with Crippen molar-refractivity contribution in [2.45, 2.75) is 38.8 Å². The van der Waals surface area contributed by atoms with Crippen LogP contribution < -0.4 is 21.2 Å². The number of nitrogens with zero attached hydrogens (tertiary/aromatic N) is 2. The highest BCUT2D eigenvalue weighted by Crippen LogP contribution is 2.33. The van der Waals surface area contributed by atoms with Gasteiger partial charge in [-0.05, 0) is 55.5 Å². The van der Waals surface area contributed by atoms with Crippen LogP contribution in [0.1, 0.15) is 49.0 Å². The number of rotatable bonds is 6. The molecule has 0 amide bonds. The molecule has 1 atom stereocenters. The second kappa shape index (κ2) is 10.2. The standard InChI is InChI=1S/C24H26F3N7O/c1-12-18-8-16(25)4-5-17(18)21(29)19(33-34-24(26)27)6-14(9-28)22(31-10-13-2-3-13)15-7-20(35-12)23(30)32-11-15/h4-5,7-9,11-13,24,28-29,31,34H,2-3,6,10H2,1H3,(H2,30,32)/b22-14-,28-9?,29-21?,33-19-. The van der Waals surface area contributed by atoms with Crippen LogP contribution in [0.2, 0.25) is 0 Å². The molecule has 1 fully saturated rings. The molecule has 1 aromatic carbocycles. The van der Waals surface area contributed by atoms with E-state index in [1.807, 2.05) is 0 Å². The van der Waals surface area contributed by atoms with E-state index in [1.54, 1.807) is 18.4 Å². The summed E-state index contributed by atoms with van der Waals surface area (Å²) < 4.78 is 46.2. The van der Waals surface area contributed by atoms with Crippen LogP contribution in [-0.2, 0) is 0 Å². The van der Waals surface area contributed by atoms with E-state index in [0.29, 0.717) is 34.9 Å². The first-order valence-electron chi connectivity index (χ1n) is 11.2. The van der Waals surface area contributed by atoms with E-state index >= 15 is 0 Å². The summed E-state index contributed by atoms with van der Waals surface area (Å²) in [5.41, 5.74) is 9.63. The average Bonchev–Trinajstić information content (AvgIpc) is 3.65. The normalized spacial score (nSPS) is 21.6. The van der Waals surface area contributed by atoms with Gasteiger partial charge in [0.1, 0.15) is 11.9 Å². The van der Waals surface area contributed by atoms with Crippen molar-refractivity contribution in [2.24, 2.45) is 11.0 Å². The molecule has 2 aliphatic rings. The molecule has 1 aromatic heterocycles. The van der Waals surface area contributed by atoms with Gasteiger partial charge in [-0.15, -0.1) is 0 Å². The van der Waals surface area contributed by atoms with Crippen molar-refractivity contribution < 1.29 is 17.9 Å². The molecule has 184 valence electrons. The van der Waals surface area contributed by atoms with Gasteiger partial charge >= 0.3 is 6.55 Å². The van der Waals surface area contributed by atoms with Crippen molar-refractivity contribution in [3.8, 4) is 5.75 Å². The van der Waals surface area contributed by atoms with Gasteiger partial charge in [0, 0.05) is 47.8 Å². The Morgan fingerprint density at radius 2 is 2.09 bits per heavy atom. The molecule has 1 saturated carbocycles. The second-order valence-electron chi connectivity index (χ2n) is 8.51. The van der Waals surface area contributed by atoms with Crippen LogP contribution in [0.15, 0.2) is 41.1 Å². The quantitative estimate of drug-likeness (QED) is 0.237. The number of hydrogen-bond acceptors (Lipinski definition) is 8. The summed E-state index contributed by atoms with van der Waals surface area (Å²) in [6.07, 6.45) is 3.95. The SMILES string of the molecule is CC1Oc2cc(cnc2N)/C(NCC2CC2)=C(/C=N)C/C(=N/NC(F)F)C(=N)c2ccc(F)cc21. The van der Waals surface area contributed by atoms with Gasteiger partial charge in [0.05, 0.1) is 11.4 Å². The summed E-state index contributed by atoms with van der Waals surface area (Å²) in [6.45, 7) is -0.622. The molecule has 11 heteroatoms. The molecule has 2 aromatic rings. The number of pyridine rings is 1. The topological polar surface area (TPSA) is 132 Å². The molecule has 0 spiro atoms. The van der Waals surface area contributed by atoms with Crippen LogP contribution in [0.25, 0.3) is 5.70 Å². The lowest BCUT2D eigenvalue weighted by Crippen LogP contribution is -2.26. The fraction of sp³-hybridized carbons (Fsp3) is 0.333. The van der Waals surface area contributed by atoms with Crippen LogP contribution in [-0.4, -0.2) is 35.7 Å². The number of hydrazone groups is 1. The molecule has 1 aliphatic heterocycles. The van der Waals surface area contributed by atoms with E-state index in [2.05, 4.69) is 15.4 Å². The summed E-state index contributed by atoms with van der Waals surface area (Å²) in [4.78, 5) is 4.24. The minimum absolute atomic E-state index is 0.0428. The monoisotopic (exact) mass is 485 g/mol. The molecule has 1 aliphatic carbocycles. The third-order valence-corrected chi connectivity index (χ3v) is 5.90. The van der Waals surface area contributed by atoms with Crippen molar-refractivity contribution >= 4 is 29.2 Å². The first-order valence-corrected chi connectivity index (χ1v) is 11.2. The Balaban J connectivity index is 1.91. The van der Waals surface area contributed by atoms with Crippen LogP contribution in [0.5, 0.6) is 5.75 Å². The van der Waals surface area contributed by atoms with Crippen LogP contribution in [0.4, 0.5) is 19.0 Å². The molecule has 2 bridgehead atoms. The van der Waals surface area contributed by atoms with Gasteiger partial charge in [0.15, 0.2) is 11.6 Å². The number of nitrogens with one attached hydrogen (secondary N) is 4. The Kier molecular flexibility index (Phi) is 7.04.